The van der Waals surface area contributed by atoms with Crippen molar-refractivity contribution in [2.75, 3.05) is 24.6 Å². The van der Waals surface area contributed by atoms with Crippen LogP contribution in [0.2, 0.25) is 5.02 Å². The maximum Gasteiger partial charge on any atom is 0.417 e. The summed E-state index contributed by atoms with van der Waals surface area (Å²) in [4.78, 5) is 3.98. The molecule has 0 radical (unpaired) electrons. The molecule has 12 heteroatoms. The molecule has 1 aliphatic heterocycles. The summed E-state index contributed by atoms with van der Waals surface area (Å²) in [5.41, 5.74) is -0.222. The Morgan fingerprint density at radius 1 is 0.912 bits per heavy atom. The first-order valence-electron chi connectivity index (χ1n) is 18.3. The third-order valence-electron chi connectivity index (χ3n) is 9.41. The summed E-state index contributed by atoms with van der Waals surface area (Å²) in [5, 5.41) is 38.3. The van der Waals surface area contributed by atoms with Crippen molar-refractivity contribution in [1.82, 2.24) is 0 Å². The number of thiophene rings is 1. The molecule has 0 spiro atoms. The predicted molar refractivity (Wildman–Crippen MR) is 219 cm³/mol. The molecule has 1 aliphatic rings. The molecule has 7 nitrogen and oxygen atoms in total. The second kappa shape index (κ2) is 19.4. The van der Waals surface area contributed by atoms with Crippen molar-refractivity contribution >= 4 is 46.9 Å². The molecular weight excluding hydrogens is 769 g/mol. The lowest BCUT2D eigenvalue weighted by Crippen LogP contribution is -2.25. The lowest BCUT2D eigenvalue weighted by Gasteiger charge is -2.28. The van der Waals surface area contributed by atoms with Crippen LogP contribution < -0.4 is 9.64 Å². The summed E-state index contributed by atoms with van der Waals surface area (Å²) in [7, 11) is 0. The quantitative estimate of drug-likeness (QED) is 0.0885. The molecule has 0 fully saturated rings. The molecule has 4 aromatic rings. The maximum atomic E-state index is 13.9. The van der Waals surface area contributed by atoms with Crippen molar-refractivity contribution < 1.29 is 27.8 Å². The van der Waals surface area contributed by atoms with Crippen LogP contribution >= 0.6 is 22.9 Å². The van der Waals surface area contributed by atoms with Crippen molar-refractivity contribution in [2.24, 2.45) is 0 Å². The van der Waals surface area contributed by atoms with E-state index in [-0.39, 0.29) is 29.1 Å². The van der Waals surface area contributed by atoms with Crippen molar-refractivity contribution in [3.8, 4) is 24.0 Å². The van der Waals surface area contributed by atoms with Gasteiger partial charge >= 0.3 is 6.18 Å². The molecule has 5 rings (SSSR count). The smallest absolute Gasteiger partial charge is 0.417 e. The van der Waals surface area contributed by atoms with Gasteiger partial charge in [0.25, 0.3) is 0 Å². The number of aliphatic hydroxyl groups is 1. The van der Waals surface area contributed by atoms with Crippen molar-refractivity contribution in [3.63, 3.8) is 0 Å². The van der Waals surface area contributed by atoms with E-state index in [0.717, 1.165) is 83.2 Å². The molecule has 292 valence electrons. The highest BCUT2D eigenvalue weighted by atomic mass is 35.5. The highest BCUT2D eigenvalue weighted by Crippen LogP contribution is 2.49. The molecule has 0 amide bonds. The van der Waals surface area contributed by atoms with Crippen LogP contribution in [0.3, 0.4) is 0 Å². The Morgan fingerprint density at radius 3 is 2.26 bits per heavy atom. The highest BCUT2D eigenvalue weighted by molar-refractivity contribution is 7.13. The zero-order valence-corrected chi connectivity index (χ0v) is 33.0. The molecule has 0 aliphatic carbocycles. The fourth-order valence-electron chi connectivity index (χ4n) is 6.32. The van der Waals surface area contributed by atoms with E-state index in [1.165, 1.54) is 24.3 Å². The Kier molecular flexibility index (Phi) is 14.4. The number of allylic oxidation sites excluding steroid dienone is 2. The van der Waals surface area contributed by atoms with Gasteiger partial charge in [0.15, 0.2) is 16.9 Å². The first-order valence-corrected chi connectivity index (χ1v) is 19.5. The molecule has 1 unspecified atom stereocenters. The summed E-state index contributed by atoms with van der Waals surface area (Å²) < 4.78 is 54.1. The van der Waals surface area contributed by atoms with E-state index < -0.39 is 27.9 Å². The van der Waals surface area contributed by atoms with Crippen LogP contribution in [0.15, 0.2) is 107 Å². The third-order valence-corrected chi connectivity index (χ3v) is 10.8. The molecule has 1 N–H and O–H groups in total. The first kappa shape index (κ1) is 42.4. The summed E-state index contributed by atoms with van der Waals surface area (Å²) in [6.45, 7) is 5.90. The number of nitriles is 3. The molecular formula is C45H40ClF3N4O3S. The second-order valence-electron chi connectivity index (χ2n) is 13.3. The summed E-state index contributed by atoms with van der Waals surface area (Å²) in [6.07, 6.45) is 6.15. The average Bonchev–Trinajstić information content (AvgIpc) is 3.78. The van der Waals surface area contributed by atoms with Crippen LogP contribution in [0, 0.1) is 34.0 Å². The summed E-state index contributed by atoms with van der Waals surface area (Å²) >= 11 is 7.35. The van der Waals surface area contributed by atoms with E-state index in [1.807, 2.05) is 66.8 Å². The van der Waals surface area contributed by atoms with E-state index in [9.17, 15) is 34.1 Å². The number of hydrogen-bond donors (Lipinski definition) is 1. The van der Waals surface area contributed by atoms with Gasteiger partial charge in [-0.1, -0.05) is 67.4 Å². The van der Waals surface area contributed by atoms with Crippen LogP contribution in [0.25, 0.3) is 18.2 Å². The molecule has 57 heavy (non-hydrogen) atoms. The first-order chi connectivity index (χ1) is 27.4. The number of halogens is 4. The van der Waals surface area contributed by atoms with Crippen LogP contribution in [0.5, 0.6) is 5.75 Å². The Labute approximate surface area is 340 Å². The molecule has 3 aromatic carbocycles. The van der Waals surface area contributed by atoms with Gasteiger partial charge in [0.2, 0.25) is 0 Å². The number of benzene rings is 3. The van der Waals surface area contributed by atoms with E-state index in [0.29, 0.717) is 6.61 Å². The Bertz CT molecular complexity index is 2300. The van der Waals surface area contributed by atoms with Crippen molar-refractivity contribution in [3.05, 3.63) is 144 Å². The number of aliphatic hydroxyl groups excluding tert-OH is 1. The minimum Gasteiger partial charge on any atom is -0.488 e. The molecule has 1 atom stereocenters. The van der Waals surface area contributed by atoms with Gasteiger partial charge in [-0.05, 0) is 86.4 Å². The summed E-state index contributed by atoms with van der Waals surface area (Å²) in [6, 6.07) is 28.6. The predicted octanol–water partition coefficient (Wildman–Crippen LogP) is 11.6. The molecule has 0 bridgehead atoms. The maximum absolute atomic E-state index is 13.9. The molecule has 0 saturated heterocycles. The second-order valence-corrected chi connectivity index (χ2v) is 14.9. The van der Waals surface area contributed by atoms with E-state index in [4.69, 9.17) is 21.1 Å². The SMILES string of the molecule is CCCCN(CCCCO)c1ccc(/C=C/c2ccc(/C=C/C3=C(C#N)C(=C(C#N)C#N)OC3(C)c3ccc(Cl)c(C(F)(F)F)c3)s2)c(OCc2ccccc2)c1. The standard InChI is InChI=1S/C45H40ClF3N4O3S/c1-3-4-22-53(23-8-9-24-54)35-15-12-32(42(26-35)55-30-31-10-6-5-7-11-31)13-16-36-17-18-37(57-36)19-20-39-38(29-52)43(33(27-50)28-51)56-44(39,2)34-14-21-41(46)40(25-34)45(47,48)49/h5-7,10-21,25-26,54H,3-4,8-9,22-24,30H2,1-2H3/b16-13+,20-19+. The Hall–Kier alpha value is -5.77. The monoisotopic (exact) mass is 808 g/mol. The van der Waals surface area contributed by atoms with Gasteiger partial charge in [-0.25, -0.2) is 0 Å². The number of alkyl halides is 3. The summed E-state index contributed by atoms with van der Waals surface area (Å²) in [5.74, 6) is 0.413. The topological polar surface area (TPSA) is 113 Å². The lowest BCUT2D eigenvalue weighted by atomic mass is 9.85. The van der Waals surface area contributed by atoms with Crippen LogP contribution in [-0.4, -0.2) is 24.8 Å². The van der Waals surface area contributed by atoms with Gasteiger partial charge in [-0.15, -0.1) is 11.3 Å². The van der Waals surface area contributed by atoms with E-state index in [1.54, 1.807) is 24.3 Å². The minimum absolute atomic E-state index is 0.0293. The van der Waals surface area contributed by atoms with Gasteiger partial charge in [0.05, 0.1) is 10.6 Å². The fourth-order valence-corrected chi connectivity index (χ4v) is 7.36. The van der Waals surface area contributed by atoms with E-state index >= 15 is 0 Å². The third kappa shape index (κ3) is 10.4. The zero-order valence-electron chi connectivity index (χ0n) is 31.4. The Morgan fingerprint density at radius 2 is 1.61 bits per heavy atom. The van der Waals surface area contributed by atoms with Crippen molar-refractivity contribution in [2.45, 2.75) is 57.9 Å². The number of anilines is 1. The lowest BCUT2D eigenvalue weighted by molar-refractivity contribution is -0.137. The number of hydrogen-bond acceptors (Lipinski definition) is 8. The van der Waals surface area contributed by atoms with Gasteiger partial charge in [-0.3, -0.25) is 0 Å². The number of ether oxygens (including phenoxy) is 2. The van der Waals surface area contributed by atoms with Crippen molar-refractivity contribution in [1.29, 1.82) is 15.8 Å². The highest BCUT2D eigenvalue weighted by Gasteiger charge is 2.45. The number of nitrogens with zero attached hydrogens (tertiary/aromatic N) is 4. The van der Waals surface area contributed by atoms with Crippen LogP contribution in [-0.2, 0) is 23.1 Å². The van der Waals surface area contributed by atoms with E-state index in [2.05, 4.69) is 24.0 Å². The number of unbranched alkanes of at least 4 members (excludes halogenated alkanes) is 2. The number of rotatable bonds is 16. The van der Waals surface area contributed by atoms with Crippen LogP contribution in [0.1, 0.15) is 71.5 Å². The molecule has 2 heterocycles. The zero-order chi connectivity index (χ0) is 41.0. The fraction of sp³-hybridized carbons (Fsp3) is 0.267. The normalized spacial score (nSPS) is 15.4. The van der Waals surface area contributed by atoms with Gasteiger partial charge < -0.3 is 19.5 Å². The molecule has 1 aromatic heterocycles. The van der Waals surface area contributed by atoms with Gasteiger partial charge in [0.1, 0.15) is 36.1 Å². The molecule has 0 saturated carbocycles. The largest absolute Gasteiger partial charge is 0.488 e. The van der Waals surface area contributed by atoms with Gasteiger partial charge in [0, 0.05) is 57.9 Å². The average molecular weight is 809 g/mol. The minimum atomic E-state index is -4.77. The van der Waals surface area contributed by atoms with Crippen LogP contribution in [0.4, 0.5) is 18.9 Å². The van der Waals surface area contributed by atoms with Gasteiger partial charge in [-0.2, -0.15) is 29.0 Å². The Balaban J connectivity index is 1.47.